The van der Waals surface area contributed by atoms with Crippen LogP contribution in [0.15, 0.2) is 48.7 Å². The van der Waals surface area contributed by atoms with Crippen molar-refractivity contribution < 1.29 is 4.79 Å². The standard InChI is InChI=1S/C20H26N2O/c1-3-16(2)22(20(23)18-11-12-18)15-19-10-7-13-21(19)14-17-8-5-4-6-9-17/h4-10,13,16,18H,3,11-12,14-15H2,1-2H3. The summed E-state index contributed by atoms with van der Waals surface area (Å²) in [7, 11) is 0. The van der Waals surface area contributed by atoms with Crippen molar-refractivity contribution in [2.24, 2.45) is 5.92 Å². The van der Waals surface area contributed by atoms with E-state index in [9.17, 15) is 4.79 Å². The highest BCUT2D eigenvalue weighted by molar-refractivity contribution is 5.81. The monoisotopic (exact) mass is 310 g/mol. The Balaban J connectivity index is 1.75. The molecule has 0 radical (unpaired) electrons. The highest BCUT2D eigenvalue weighted by Crippen LogP contribution is 2.32. The van der Waals surface area contributed by atoms with E-state index in [2.05, 4.69) is 65.9 Å². The van der Waals surface area contributed by atoms with Gasteiger partial charge in [-0.1, -0.05) is 37.3 Å². The smallest absolute Gasteiger partial charge is 0.226 e. The van der Waals surface area contributed by atoms with Gasteiger partial charge in [-0.2, -0.15) is 0 Å². The molecule has 2 aromatic rings. The number of carbonyl (C=O) groups is 1. The summed E-state index contributed by atoms with van der Waals surface area (Å²) < 4.78 is 2.25. The van der Waals surface area contributed by atoms with E-state index >= 15 is 0 Å². The van der Waals surface area contributed by atoms with Gasteiger partial charge in [-0.25, -0.2) is 0 Å². The maximum absolute atomic E-state index is 12.6. The van der Waals surface area contributed by atoms with E-state index in [1.165, 1.54) is 11.3 Å². The van der Waals surface area contributed by atoms with Crippen LogP contribution in [0.5, 0.6) is 0 Å². The molecule has 1 aromatic heterocycles. The van der Waals surface area contributed by atoms with Crippen molar-refractivity contribution in [3.05, 3.63) is 59.9 Å². The van der Waals surface area contributed by atoms with Crippen molar-refractivity contribution in [3.8, 4) is 0 Å². The molecule has 3 heteroatoms. The summed E-state index contributed by atoms with van der Waals surface area (Å²) >= 11 is 0. The van der Waals surface area contributed by atoms with Gasteiger partial charge in [-0.05, 0) is 43.9 Å². The maximum Gasteiger partial charge on any atom is 0.226 e. The first kappa shape index (κ1) is 15.9. The Labute approximate surface area is 138 Å². The van der Waals surface area contributed by atoms with Crippen LogP contribution < -0.4 is 0 Å². The molecule has 0 spiro atoms. The van der Waals surface area contributed by atoms with Gasteiger partial charge in [0, 0.05) is 30.4 Å². The molecule has 0 bridgehead atoms. The molecule has 122 valence electrons. The molecule has 1 aliphatic rings. The zero-order valence-electron chi connectivity index (χ0n) is 14.1. The molecule has 1 atom stereocenters. The minimum Gasteiger partial charge on any atom is -0.345 e. The second-order valence-corrected chi connectivity index (χ2v) is 6.61. The minimum absolute atomic E-state index is 0.279. The Morgan fingerprint density at radius 1 is 1.22 bits per heavy atom. The summed E-state index contributed by atoms with van der Waals surface area (Å²) in [4.78, 5) is 14.7. The summed E-state index contributed by atoms with van der Waals surface area (Å²) in [5, 5.41) is 0. The van der Waals surface area contributed by atoms with Crippen LogP contribution in [0, 0.1) is 5.92 Å². The van der Waals surface area contributed by atoms with E-state index in [0.717, 1.165) is 25.8 Å². The molecular formula is C20H26N2O. The Kier molecular flexibility index (Phi) is 4.85. The van der Waals surface area contributed by atoms with Gasteiger partial charge in [0.1, 0.15) is 0 Å². The SMILES string of the molecule is CCC(C)N(Cc1cccn1Cc1ccccc1)C(=O)C1CC1. The fourth-order valence-corrected chi connectivity index (χ4v) is 2.94. The lowest BCUT2D eigenvalue weighted by molar-refractivity contribution is -0.135. The molecule has 1 heterocycles. The molecule has 1 aliphatic carbocycles. The highest BCUT2D eigenvalue weighted by atomic mass is 16.2. The molecule has 1 fully saturated rings. The molecule has 23 heavy (non-hydrogen) atoms. The van der Waals surface area contributed by atoms with Gasteiger partial charge in [0.15, 0.2) is 0 Å². The molecule has 1 aromatic carbocycles. The van der Waals surface area contributed by atoms with Crippen molar-refractivity contribution in [2.45, 2.75) is 52.2 Å². The van der Waals surface area contributed by atoms with E-state index < -0.39 is 0 Å². The van der Waals surface area contributed by atoms with Gasteiger partial charge >= 0.3 is 0 Å². The lowest BCUT2D eigenvalue weighted by Crippen LogP contribution is -2.39. The largest absolute Gasteiger partial charge is 0.345 e. The van der Waals surface area contributed by atoms with Crippen LogP contribution in [0.3, 0.4) is 0 Å². The van der Waals surface area contributed by atoms with Crippen LogP contribution in [-0.2, 0) is 17.9 Å². The van der Waals surface area contributed by atoms with Gasteiger partial charge in [0.25, 0.3) is 0 Å². The maximum atomic E-state index is 12.6. The predicted molar refractivity (Wildman–Crippen MR) is 93.0 cm³/mol. The molecule has 1 unspecified atom stereocenters. The fourth-order valence-electron chi connectivity index (χ4n) is 2.94. The number of benzene rings is 1. The van der Waals surface area contributed by atoms with Crippen LogP contribution >= 0.6 is 0 Å². The number of rotatable bonds is 7. The first-order chi connectivity index (χ1) is 11.2. The molecule has 0 aliphatic heterocycles. The Bertz CT molecular complexity index is 643. The van der Waals surface area contributed by atoms with Crippen LogP contribution in [0.2, 0.25) is 0 Å². The van der Waals surface area contributed by atoms with Gasteiger partial charge < -0.3 is 9.47 Å². The summed E-state index contributed by atoms with van der Waals surface area (Å²) in [6, 6.07) is 15.0. The van der Waals surface area contributed by atoms with Crippen molar-refractivity contribution in [3.63, 3.8) is 0 Å². The summed E-state index contributed by atoms with van der Waals surface area (Å²) in [6.45, 7) is 5.88. The number of amides is 1. The molecule has 3 rings (SSSR count). The third-order valence-corrected chi connectivity index (χ3v) is 4.78. The average molecular weight is 310 g/mol. The first-order valence-electron chi connectivity index (χ1n) is 8.67. The summed E-state index contributed by atoms with van der Waals surface area (Å²) in [5.41, 5.74) is 2.50. The Morgan fingerprint density at radius 2 is 1.96 bits per heavy atom. The van der Waals surface area contributed by atoms with Crippen LogP contribution in [0.25, 0.3) is 0 Å². The lowest BCUT2D eigenvalue weighted by Gasteiger charge is -2.29. The van der Waals surface area contributed by atoms with E-state index in [1.54, 1.807) is 0 Å². The van der Waals surface area contributed by atoms with Gasteiger partial charge in [0.05, 0.1) is 6.54 Å². The minimum atomic E-state index is 0.279. The second kappa shape index (κ2) is 7.03. The Morgan fingerprint density at radius 3 is 2.61 bits per heavy atom. The molecule has 1 amide bonds. The van der Waals surface area contributed by atoms with Crippen molar-refractivity contribution in [2.75, 3.05) is 0 Å². The van der Waals surface area contributed by atoms with Crippen molar-refractivity contribution >= 4 is 5.91 Å². The van der Waals surface area contributed by atoms with E-state index in [-0.39, 0.29) is 5.92 Å². The second-order valence-electron chi connectivity index (χ2n) is 6.61. The molecule has 1 saturated carbocycles. The van der Waals surface area contributed by atoms with Gasteiger partial charge in [0.2, 0.25) is 5.91 Å². The van der Waals surface area contributed by atoms with Gasteiger partial charge in [-0.3, -0.25) is 4.79 Å². The number of aromatic nitrogens is 1. The molecule has 0 saturated heterocycles. The van der Waals surface area contributed by atoms with E-state index in [1.807, 2.05) is 6.07 Å². The number of hydrogen-bond acceptors (Lipinski definition) is 1. The Hall–Kier alpha value is -2.03. The molecular weight excluding hydrogens is 284 g/mol. The highest BCUT2D eigenvalue weighted by Gasteiger charge is 2.35. The predicted octanol–water partition coefficient (Wildman–Crippen LogP) is 4.07. The van der Waals surface area contributed by atoms with Crippen LogP contribution in [0.4, 0.5) is 0 Å². The third kappa shape index (κ3) is 3.84. The average Bonchev–Trinajstić information content (AvgIpc) is 3.34. The zero-order chi connectivity index (χ0) is 16.2. The summed E-state index contributed by atoms with van der Waals surface area (Å²) in [6.07, 6.45) is 5.24. The zero-order valence-corrected chi connectivity index (χ0v) is 14.1. The van der Waals surface area contributed by atoms with Crippen LogP contribution in [-0.4, -0.2) is 21.4 Å². The van der Waals surface area contributed by atoms with E-state index in [4.69, 9.17) is 0 Å². The van der Waals surface area contributed by atoms with Crippen molar-refractivity contribution in [1.82, 2.24) is 9.47 Å². The quantitative estimate of drug-likeness (QED) is 0.756. The van der Waals surface area contributed by atoms with Crippen LogP contribution in [0.1, 0.15) is 44.4 Å². The number of nitrogens with zero attached hydrogens (tertiary/aromatic N) is 2. The first-order valence-corrected chi connectivity index (χ1v) is 8.67. The molecule has 0 N–H and O–H groups in total. The normalized spacial score (nSPS) is 15.4. The van der Waals surface area contributed by atoms with Crippen molar-refractivity contribution in [1.29, 1.82) is 0 Å². The molecule has 3 nitrogen and oxygen atoms in total. The lowest BCUT2D eigenvalue weighted by atomic mass is 10.1. The third-order valence-electron chi connectivity index (χ3n) is 4.78. The number of carbonyl (C=O) groups excluding carboxylic acids is 1. The summed E-state index contributed by atoms with van der Waals surface area (Å²) in [5.74, 6) is 0.619. The topological polar surface area (TPSA) is 25.2 Å². The van der Waals surface area contributed by atoms with E-state index in [0.29, 0.717) is 18.5 Å². The van der Waals surface area contributed by atoms with Gasteiger partial charge in [-0.15, -0.1) is 0 Å². The fraction of sp³-hybridized carbons (Fsp3) is 0.450. The number of hydrogen-bond donors (Lipinski definition) is 0.